The van der Waals surface area contributed by atoms with Gasteiger partial charge in [0.1, 0.15) is 10.6 Å². The predicted molar refractivity (Wildman–Crippen MR) is 118 cm³/mol. The molecule has 2 N–H and O–H groups in total. The first kappa shape index (κ1) is 24.6. The average molecular weight is 469 g/mol. The lowest BCUT2D eigenvalue weighted by Gasteiger charge is -2.16. The van der Waals surface area contributed by atoms with Gasteiger partial charge in [0, 0.05) is 10.7 Å². The summed E-state index contributed by atoms with van der Waals surface area (Å²) < 4.78 is 37.9. The number of amides is 1. The van der Waals surface area contributed by atoms with Gasteiger partial charge in [-0.2, -0.15) is 4.72 Å². The van der Waals surface area contributed by atoms with Crippen molar-refractivity contribution in [2.45, 2.75) is 37.6 Å². The quantitative estimate of drug-likeness (QED) is 0.407. The molecule has 0 fully saturated rings. The Morgan fingerprint density at radius 1 is 1.13 bits per heavy atom. The highest BCUT2D eigenvalue weighted by Crippen LogP contribution is 2.27. The fourth-order valence-corrected chi connectivity index (χ4v) is 4.18. The number of nitrogens with one attached hydrogen (secondary N) is 2. The molecule has 0 heterocycles. The first-order chi connectivity index (χ1) is 14.7. The number of anilines is 1. The molecule has 10 heteroatoms. The molecular formula is C21H25ClN2O6S. The minimum Gasteiger partial charge on any atom is -0.495 e. The normalized spacial score (nSPS) is 12.1. The summed E-state index contributed by atoms with van der Waals surface area (Å²) in [6.45, 7) is 3.75. The van der Waals surface area contributed by atoms with E-state index in [0.717, 1.165) is 12.8 Å². The summed E-state index contributed by atoms with van der Waals surface area (Å²) in [7, 11) is -2.74. The molecule has 1 amide bonds. The van der Waals surface area contributed by atoms with Crippen LogP contribution in [0.5, 0.6) is 5.75 Å². The second kappa shape index (κ2) is 11.1. The fraction of sp³-hybridized carbons (Fsp3) is 0.333. The van der Waals surface area contributed by atoms with Gasteiger partial charge in [-0.1, -0.05) is 24.9 Å². The fourth-order valence-electron chi connectivity index (χ4n) is 2.54. The number of ether oxygens (including phenoxy) is 2. The first-order valence-corrected chi connectivity index (χ1v) is 11.5. The van der Waals surface area contributed by atoms with E-state index in [-0.39, 0.29) is 15.7 Å². The molecule has 0 spiro atoms. The lowest BCUT2D eigenvalue weighted by atomic mass is 10.2. The molecule has 0 saturated carbocycles. The number of methoxy groups -OCH3 is 1. The van der Waals surface area contributed by atoms with Gasteiger partial charge in [-0.05, 0) is 55.8 Å². The van der Waals surface area contributed by atoms with Gasteiger partial charge < -0.3 is 14.8 Å². The Kier molecular flexibility index (Phi) is 8.85. The molecule has 2 rings (SSSR count). The molecule has 8 nitrogen and oxygen atoms in total. The molecular weight excluding hydrogens is 444 g/mol. The largest absolute Gasteiger partial charge is 0.495 e. The number of carbonyl (C=O) groups is 2. The monoisotopic (exact) mass is 468 g/mol. The van der Waals surface area contributed by atoms with E-state index in [4.69, 9.17) is 21.1 Å². The van der Waals surface area contributed by atoms with Gasteiger partial charge in [0.15, 0.2) is 0 Å². The number of rotatable bonds is 10. The Hall–Kier alpha value is -2.62. The van der Waals surface area contributed by atoms with E-state index in [1.807, 2.05) is 6.92 Å². The lowest BCUT2D eigenvalue weighted by molar-refractivity contribution is -0.117. The van der Waals surface area contributed by atoms with Crippen LogP contribution in [0.4, 0.5) is 5.69 Å². The summed E-state index contributed by atoms with van der Waals surface area (Å²) in [5, 5.41) is 2.81. The topological polar surface area (TPSA) is 111 Å². The zero-order valence-corrected chi connectivity index (χ0v) is 19.0. The third-order valence-corrected chi connectivity index (χ3v) is 6.06. The Bertz CT molecular complexity index is 1020. The summed E-state index contributed by atoms with van der Waals surface area (Å²) >= 11 is 5.90. The van der Waals surface area contributed by atoms with Crippen LogP contribution >= 0.6 is 11.6 Å². The molecule has 0 bridgehead atoms. The molecule has 0 aliphatic heterocycles. The molecule has 2 aromatic carbocycles. The van der Waals surface area contributed by atoms with E-state index < -0.39 is 27.9 Å². The van der Waals surface area contributed by atoms with E-state index in [9.17, 15) is 18.0 Å². The van der Waals surface area contributed by atoms with Crippen molar-refractivity contribution in [3.63, 3.8) is 0 Å². The Morgan fingerprint density at radius 3 is 2.42 bits per heavy atom. The highest BCUT2D eigenvalue weighted by atomic mass is 35.5. The van der Waals surface area contributed by atoms with Crippen molar-refractivity contribution in [3.8, 4) is 5.75 Å². The van der Waals surface area contributed by atoms with Crippen molar-refractivity contribution in [2.24, 2.45) is 0 Å². The standard InChI is InChI=1S/C21H25ClN2O6S/c1-4-5-12-30-21(26)15-6-9-17(10-7-15)23-20(25)14(2)24-31(27,28)19-13-16(22)8-11-18(19)29-3/h6-11,13-14,24H,4-5,12H2,1-3H3,(H,23,25)/t14-/m1/s1. The van der Waals surface area contributed by atoms with Gasteiger partial charge in [0.05, 0.1) is 25.3 Å². The highest BCUT2D eigenvalue weighted by molar-refractivity contribution is 7.89. The molecule has 0 aliphatic carbocycles. The van der Waals surface area contributed by atoms with Crippen LogP contribution in [-0.4, -0.2) is 40.1 Å². The molecule has 0 radical (unpaired) electrons. The number of hydrogen-bond donors (Lipinski definition) is 2. The summed E-state index contributed by atoms with van der Waals surface area (Å²) in [6.07, 6.45) is 1.71. The summed E-state index contributed by atoms with van der Waals surface area (Å²) in [4.78, 5) is 24.2. The van der Waals surface area contributed by atoms with Crippen LogP contribution in [-0.2, 0) is 19.6 Å². The number of carbonyl (C=O) groups excluding carboxylic acids is 2. The number of benzene rings is 2. The van der Waals surface area contributed by atoms with Gasteiger partial charge in [-0.3, -0.25) is 4.79 Å². The van der Waals surface area contributed by atoms with Crippen LogP contribution in [0.25, 0.3) is 0 Å². The number of halogens is 1. The minimum atomic E-state index is -4.07. The van der Waals surface area contributed by atoms with Crippen LogP contribution in [0.2, 0.25) is 5.02 Å². The first-order valence-electron chi connectivity index (χ1n) is 9.62. The van der Waals surface area contributed by atoms with E-state index >= 15 is 0 Å². The zero-order chi connectivity index (χ0) is 23.0. The lowest BCUT2D eigenvalue weighted by Crippen LogP contribution is -2.41. The van der Waals surface area contributed by atoms with Crippen LogP contribution in [0.1, 0.15) is 37.0 Å². The maximum Gasteiger partial charge on any atom is 0.338 e. The molecule has 0 aliphatic rings. The Balaban J connectivity index is 2.02. The van der Waals surface area contributed by atoms with Crippen molar-refractivity contribution in [2.75, 3.05) is 19.0 Å². The van der Waals surface area contributed by atoms with Crippen LogP contribution in [0.15, 0.2) is 47.4 Å². The maximum absolute atomic E-state index is 12.7. The predicted octanol–water partition coefficient (Wildman–Crippen LogP) is 3.61. The van der Waals surface area contributed by atoms with Crippen molar-refractivity contribution < 1.29 is 27.5 Å². The van der Waals surface area contributed by atoms with Crippen LogP contribution < -0.4 is 14.8 Å². The third-order valence-electron chi connectivity index (χ3n) is 4.26. The second-order valence-corrected chi connectivity index (χ2v) is 8.81. The number of sulfonamides is 1. The maximum atomic E-state index is 12.7. The van der Waals surface area contributed by atoms with Gasteiger partial charge in [-0.25, -0.2) is 13.2 Å². The minimum absolute atomic E-state index is 0.103. The molecule has 31 heavy (non-hydrogen) atoms. The van der Waals surface area contributed by atoms with Crippen molar-refractivity contribution in [3.05, 3.63) is 53.1 Å². The molecule has 0 aromatic heterocycles. The van der Waals surface area contributed by atoms with E-state index in [1.54, 1.807) is 0 Å². The Labute approximate surface area is 186 Å². The van der Waals surface area contributed by atoms with Crippen LogP contribution in [0.3, 0.4) is 0 Å². The van der Waals surface area contributed by atoms with Gasteiger partial charge in [0.2, 0.25) is 15.9 Å². The van der Waals surface area contributed by atoms with Crippen molar-refractivity contribution in [1.29, 1.82) is 0 Å². The van der Waals surface area contributed by atoms with Crippen molar-refractivity contribution >= 4 is 39.2 Å². The van der Waals surface area contributed by atoms with Crippen LogP contribution in [0, 0.1) is 0 Å². The third kappa shape index (κ3) is 6.95. The molecule has 168 valence electrons. The smallest absolute Gasteiger partial charge is 0.338 e. The SMILES string of the molecule is CCCCOC(=O)c1ccc(NC(=O)[C@@H](C)NS(=O)(=O)c2cc(Cl)ccc2OC)cc1. The highest BCUT2D eigenvalue weighted by Gasteiger charge is 2.25. The van der Waals surface area contributed by atoms with Gasteiger partial charge >= 0.3 is 5.97 Å². The number of esters is 1. The summed E-state index contributed by atoms with van der Waals surface area (Å²) in [5.74, 6) is -0.920. The summed E-state index contributed by atoms with van der Waals surface area (Å²) in [5.41, 5.74) is 0.761. The van der Waals surface area contributed by atoms with Gasteiger partial charge in [0.25, 0.3) is 0 Å². The summed E-state index contributed by atoms with van der Waals surface area (Å²) in [6, 6.07) is 9.20. The zero-order valence-electron chi connectivity index (χ0n) is 17.5. The van der Waals surface area contributed by atoms with E-state index in [2.05, 4.69) is 10.0 Å². The second-order valence-electron chi connectivity index (χ2n) is 6.69. The van der Waals surface area contributed by atoms with E-state index in [0.29, 0.717) is 17.9 Å². The molecule has 2 aromatic rings. The molecule has 1 atom stereocenters. The Morgan fingerprint density at radius 2 is 1.81 bits per heavy atom. The average Bonchev–Trinajstić information content (AvgIpc) is 2.74. The number of hydrogen-bond acceptors (Lipinski definition) is 6. The van der Waals surface area contributed by atoms with Crippen molar-refractivity contribution in [1.82, 2.24) is 4.72 Å². The number of unbranched alkanes of at least 4 members (excludes halogenated alkanes) is 1. The molecule has 0 unspecified atom stereocenters. The van der Waals surface area contributed by atoms with E-state index in [1.165, 1.54) is 56.5 Å². The van der Waals surface area contributed by atoms with Gasteiger partial charge in [-0.15, -0.1) is 0 Å². The molecule has 0 saturated heterocycles.